The van der Waals surface area contributed by atoms with Gasteiger partial charge in [0.15, 0.2) is 9.84 Å². The topological polar surface area (TPSA) is 73.0 Å². The quantitative estimate of drug-likeness (QED) is 0.878. The molecule has 0 amide bonds. The highest BCUT2D eigenvalue weighted by atomic mass is 32.2. The molecule has 2 N–H and O–H groups in total. The summed E-state index contributed by atoms with van der Waals surface area (Å²) in [4.78, 5) is 4.38. The Morgan fingerprint density at radius 1 is 1.28 bits per heavy atom. The van der Waals surface area contributed by atoms with Crippen molar-refractivity contribution in [3.05, 3.63) is 34.7 Å². The Kier molecular flexibility index (Phi) is 3.41. The zero-order valence-electron chi connectivity index (χ0n) is 10.1. The zero-order valence-corrected chi connectivity index (χ0v) is 11.8. The highest BCUT2D eigenvalue weighted by Crippen LogP contribution is 2.29. The van der Waals surface area contributed by atoms with Gasteiger partial charge >= 0.3 is 0 Å². The van der Waals surface area contributed by atoms with E-state index in [4.69, 9.17) is 5.73 Å². The van der Waals surface area contributed by atoms with E-state index in [0.717, 1.165) is 11.3 Å². The van der Waals surface area contributed by atoms with Crippen LogP contribution in [0.2, 0.25) is 0 Å². The van der Waals surface area contributed by atoms with Crippen LogP contribution in [0.3, 0.4) is 0 Å². The highest BCUT2D eigenvalue weighted by Gasteiger charge is 2.20. The molecule has 0 saturated heterocycles. The molecular formula is C12H14N2O2S2. The minimum atomic E-state index is -3.10. The molecule has 96 valence electrons. The molecule has 0 bridgehead atoms. The molecule has 18 heavy (non-hydrogen) atoms. The van der Waals surface area contributed by atoms with Gasteiger partial charge in [-0.15, -0.1) is 11.3 Å². The molecule has 1 aromatic carbocycles. The van der Waals surface area contributed by atoms with Crippen molar-refractivity contribution in [3.63, 3.8) is 0 Å². The minimum Gasteiger partial charge on any atom is -0.399 e. The van der Waals surface area contributed by atoms with E-state index in [9.17, 15) is 8.42 Å². The van der Waals surface area contributed by atoms with Crippen LogP contribution in [0.15, 0.2) is 29.6 Å². The molecule has 1 heterocycles. The Morgan fingerprint density at radius 3 is 2.44 bits per heavy atom. The van der Waals surface area contributed by atoms with Crippen LogP contribution in [0.25, 0.3) is 11.3 Å². The predicted octanol–water partition coefficient (Wildman–Crippen LogP) is 2.50. The Balaban J connectivity index is 2.34. The second-order valence-corrected chi connectivity index (χ2v) is 7.42. The Bertz CT molecular complexity index is 645. The van der Waals surface area contributed by atoms with E-state index in [1.165, 1.54) is 17.6 Å². The lowest BCUT2D eigenvalue weighted by atomic mass is 10.1. The van der Waals surface area contributed by atoms with E-state index in [-0.39, 0.29) is 0 Å². The van der Waals surface area contributed by atoms with Gasteiger partial charge in [-0.2, -0.15) is 0 Å². The Morgan fingerprint density at radius 2 is 1.89 bits per heavy atom. The first-order valence-electron chi connectivity index (χ1n) is 5.38. The van der Waals surface area contributed by atoms with Gasteiger partial charge in [0.05, 0.1) is 5.69 Å². The first-order chi connectivity index (χ1) is 8.38. The maximum atomic E-state index is 11.5. The molecule has 0 aliphatic carbocycles. The number of nitrogens with two attached hydrogens (primary N) is 1. The maximum absolute atomic E-state index is 11.5. The molecule has 1 unspecified atom stereocenters. The molecule has 0 spiro atoms. The average Bonchev–Trinajstić information content (AvgIpc) is 2.77. The Hall–Kier alpha value is -1.40. The van der Waals surface area contributed by atoms with E-state index >= 15 is 0 Å². The molecule has 0 fully saturated rings. The van der Waals surface area contributed by atoms with Crippen LogP contribution in [0.5, 0.6) is 0 Å². The van der Waals surface area contributed by atoms with Crippen molar-refractivity contribution in [3.8, 4) is 11.3 Å². The second-order valence-electron chi connectivity index (χ2n) is 4.16. The zero-order chi connectivity index (χ0) is 13.3. The van der Waals surface area contributed by atoms with Crippen LogP contribution in [-0.2, 0) is 9.84 Å². The van der Waals surface area contributed by atoms with Gasteiger partial charge in [-0.3, -0.25) is 0 Å². The summed E-state index contributed by atoms with van der Waals surface area (Å²) in [5.41, 5.74) is 8.03. The van der Waals surface area contributed by atoms with Crippen LogP contribution in [0.1, 0.15) is 17.2 Å². The SMILES string of the molecule is CC(c1nc(-c2ccc(N)cc2)cs1)S(C)(=O)=O. The summed E-state index contributed by atoms with van der Waals surface area (Å²) in [6.45, 7) is 1.65. The van der Waals surface area contributed by atoms with Gasteiger partial charge in [-0.05, 0) is 19.1 Å². The number of anilines is 1. The van der Waals surface area contributed by atoms with E-state index in [1.54, 1.807) is 19.1 Å². The third-order valence-corrected chi connectivity index (χ3v) is 5.40. The van der Waals surface area contributed by atoms with Gasteiger partial charge in [0.2, 0.25) is 0 Å². The number of hydrogen-bond acceptors (Lipinski definition) is 5. The van der Waals surface area contributed by atoms with Gasteiger partial charge in [0.1, 0.15) is 10.3 Å². The molecule has 2 aromatic rings. The van der Waals surface area contributed by atoms with E-state index in [1.807, 2.05) is 17.5 Å². The smallest absolute Gasteiger partial charge is 0.156 e. The van der Waals surface area contributed by atoms with Crippen molar-refractivity contribution < 1.29 is 8.42 Å². The summed E-state index contributed by atoms with van der Waals surface area (Å²) in [5, 5.41) is 1.91. The summed E-state index contributed by atoms with van der Waals surface area (Å²) >= 11 is 1.36. The summed E-state index contributed by atoms with van der Waals surface area (Å²) in [5.74, 6) is 0. The van der Waals surface area contributed by atoms with Crippen molar-refractivity contribution in [1.82, 2.24) is 4.98 Å². The minimum absolute atomic E-state index is 0.565. The lowest BCUT2D eigenvalue weighted by Crippen LogP contribution is -2.07. The number of nitrogen functional groups attached to an aromatic ring is 1. The number of sulfone groups is 1. The van der Waals surface area contributed by atoms with Crippen LogP contribution in [0, 0.1) is 0 Å². The van der Waals surface area contributed by atoms with E-state index in [0.29, 0.717) is 10.7 Å². The molecule has 1 atom stereocenters. The predicted molar refractivity (Wildman–Crippen MR) is 75.2 cm³/mol. The lowest BCUT2D eigenvalue weighted by Gasteiger charge is -2.04. The number of thiazole rings is 1. The summed E-state index contributed by atoms with van der Waals surface area (Å²) in [7, 11) is -3.10. The van der Waals surface area contributed by atoms with Gasteiger partial charge in [-0.1, -0.05) is 12.1 Å². The van der Waals surface area contributed by atoms with Crippen molar-refractivity contribution in [2.45, 2.75) is 12.2 Å². The van der Waals surface area contributed by atoms with Crippen molar-refractivity contribution in [2.75, 3.05) is 12.0 Å². The maximum Gasteiger partial charge on any atom is 0.156 e. The fourth-order valence-electron chi connectivity index (χ4n) is 1.44. The molecule has 6 heteroatoms. The van der Waals surface area contributed by atoms with Crippen molar-refractivity contribution in [1.29, 1.82) is 0 Å². The monoisotopic (exact) mass is 282 g/mol. The number of rotatable bonds is 3. The molecule has 0 saturated carbocycles. The molecule has 0 aliphatic heterocycles. The molecule has 1 aromatic heterocycles. The van der Waals surface area contributed by atoms with Crippen molar-refractivity contribution in [2.24, 2.45) is 0 Å². The first kappa shape index (κ1) is 13.0. The van der Waals surface area contributed by atoms with Gasteiger partial charge in [0, 0.05) is 22.9 Å². The lowest BCUT2D eigenvalue weighted by molar-refractivity contribution is 0.592. The first-order valence-corrected chi connectivity index (χ1v) is 8.21. The van der Waals surface area contributed by atoms with Gasteiger partial charge in [0.25, 0.3) is 0 Å². The molecular weight excluding hydrogens is 268 g/mol. The standard InChI is InChI=1S/C12H14N2O2S2/c1-8(18(2,15)16)12-14-11(7-17-12)9-3-5-10(13)6-4-9/h3-8H,13H2,1-2H3. The van der Waals surface area contributed by atoms with Gasteiger partial charge in [-0.25, -0.2) is 13.4 Å². The number of hydrogen-bond donors (Lipinski definition) is 1. The second kappa shape index (κ2) is 4.70. The van der Waals surface area contributed by atoms with Crippen LogP contribution >= 0.6 is 11.3 Å². The average molecular weight is 282 g/mol. The third-order valence-electron chi connectivity index (χ3n) is 2.72. The molecule has 0 radical (unpaired) electrons. The highest BCUT2D eigenvalue weighted by molar-refractivity contribution is 7.91. The summed E-state index contributed by atoms with van der Waals surface area (Å²) in [6.07, 6.45) is 1.22. The summed E-state index contributed by atoms with van der Waals surface area (Å²) in [6, 6.07) is 7.35. The number of aromatic nitrogens is 1. The fraction of sp³-hybridized carbons (Fsp3) is 0.250. The largest absolute Gasteiger partial charge is 0.399 e. The van der Waals surface area contributed by atoms with E-state index < -0.39 is 15.1 Å². The summed E-state index contributed by atoms with van der Waals surface area (Å²) < 4.78 is 22.9. The van der Waals surface area contributed by atoms with Crippen LogP contribution in [0.4, 0.5) is 5.69 Å². The van der Waals surface area contributed by atoms with E-state index in [2.05, 4.69) is 4.98 Å². The Labute approximate surface area is 110 Å². The number of benzene rings is 1. The van der Waals surface area contributed by atoms with Crippen molar-refractivity contribution >= 4 is 26.9 Å². The number of nitrogens with zero attached hydrogens (tertiary/aromatic N) is 1. The van der Waals surface area contributed by atoms with Crippen LogP contribution < -0.4 is 5.73 Å². The molecule has 0 aliphatic rings. The fourth-order valence-corrected chi connectivity index (χ4v) is 3.32. The molecule has 2 rings (SSSR count). The third kappa shape index (κ3) is 2.70. The molecule has 4 nitrogen and oxygen atoms in total. The van der Waals surface area contributed by atoms with Crippen LogP contribution in [-0.4, -0.2) is 19.7 Å². The normalized spacial score (nSPS) is 13.4. The van der Waals surface area contributed by atoms with Gasteiger partial charge < -0.3 is 5.73 Å².